The Kier molecular flexibility index (Phi) is 3.97. The van der Waals surface area contributed by atoms with Crippen LogP contribution in [0, 0.1) is 11.7 Å². The fraction of sp³-hybridized carbons (Fsp3) is 0.462. The van der Waals surface area contributed by atoms with E-state index in [9.17, 15) is 22.4 Å². The lowest BCUT2D eigenvalue weighted by molar-refractivity contribution is -0.137. The van der Waals surface area contributed by atoms with Crippen molar-refractivity contribution in [2.75, 3.05) is 13.1 Å². The van der Waals surface area contributed by atoms with E-state index < -0.39 is 29.8 Å². The maximum atomic E-state index is 13.6. The van der Waals surface area contributed by atoms with Crippen molar-refractivity contribution in [3.63, 3.8) is 0 Å². The first-order chi connectivity index (χ1) is 9.68. The quantitative estimate of drug-likeness (QED) is 0.872. The molecule has 8 heteroatoms. The zero-order valence-electron chi connectivity index (χ0n) is 11.0. The molecule has 2 rings (SSSR count). The topological polar surface area (TPSA) is 49.8 Å². The van der Waals surface area contributed by atoms with Crippen LogP contribution in [0.3, 0.4) is 0 Å². The summed E-state index contributed by atoms with van der Waals surface area (Å²) in [5.41, 5.74) is -1.08. The minimum Gasteiger partial charge on any atom is -0.487 e. The molecular formula is C13H13F4NO3. The Morgan fingerprint density at radius 1 is 1.43 bits per heavy atom. The highest BCUT2D eigenvalue weighted by Gasteiger charge is 2.36. The third-order valence-corrected chi connectivity index (χ3v) is 3.42. The number of alkyl halides is 3. The molecule has 1 saturated heterocycles. The number of likely N-dealkylation sites (tertiary alicyclic amines) is 1. The summed E-state index contributed by atoms with van der Waals surface area (Å²) in [6.45, 7) is 2.15. The van der Waals surface area contributed by atoms with Crippen molar-refractivity contribution in [3.05, 3.63) is 29.6 Å². The molecule has 0 saturated carbocycles. The summed E-state index contributed by atoms with van der Waals surface area (Å²) in [7, 11) is 0. The monoisotopic (exact) mass is 307 g/mol. The zero-order chi connectivity index (χ0) is 15.8. The molecule has 1 amide bonds. The molecule has 21 heavy (non-hydrogen) atoms. The Hall–Kier alpha value is -1.99. The maximum absolute atomic E-state index is 13.6. The lowest BCUT2D eigenvalue weighted by atomic mass is 9.95. The predicted molar refractivity (Wildman–Crippen MR) is 64.6 cm³/mol. The maximum Gasteiger partial charge on any atom is 0.416 e. The van der Waals surface area contributed by atoms with E-state index in [0.29, 0.717) is 6.07 Å². The average molecular weight is 307 g/mol. The molecule has 1 aliphatic heterocycles. The minimum atomic E-state index is -4.61. The number of ether oxygens (including phenoxy) is 1. The van der Waals surface area contributed by atoms with Crippen LogP contribution in [0.5, 0.6) is 5.75 Å². The van der Waals surface area contributed by atoms with Crippen LogP contribution in [-0.2, 0) is 6.18 Å². The molecule has 0 aliphatic carbocycles. The normalized spacial score (nSPS) is 17.3. The van der Waals surface area contributed by atoms with Crippen molar-refractivity contribution >= 4 is 6.09 Å². The van der Waals surface area contributed by atoms with Gasteiger partial charge in [-0.3, -0.25) is 0 Å². The number of halogens is 4. The van der Waals surface area contributed by atoms with Crippen LogP contribution in [0.1, 0.15) is 12.5 Å². The number of carbonyl (C=O) groups is 1. The highest BCUT2D eigenvalue weighted by molar-refractivity contribution is 5.66. The van der Waals surface area contributed by atoms with Crippen LogP contribution in [0.4, 0.5) is 22.4 Å². The Morgan fingerprint density at radius 2 is 2.05 bits per heavy atom. The molecule has 0 spiro atoms. The van der Waals surface area contributed by atoms with Crippen LogP contribution < -0.4 is 4.74 Å². The molecular weight excluding hydrogens is 294 g/mol. The first kappa shape index (κ1) is 15.4. The van der Waals surface area contributed by atoms with Crippen LogP contribution in [0.25, 0.3) is 0 Å². The van der Waals surface area contributed by atoms with Crippen LogP contribution >= 0.6 is 0 Å². The first-order valence-electron chi connectivity index (χ1n) is 6.19. The number of rotatable bonds is 3. The third-order valence-electron chi connectivity index (χ3n) is 3.42. The van der Waals surface area contributed by atoms with Crippen molar-refractivity contribution in [2.24, 2.45) is 5.92 Å². The van der Waals surface area contributed by atoms with Gasteiger partial charge in [0.1, 0.15) is 6.10 Å². The number of hydrogen-bond donors (Lipinski definition) is 1. The second-order valence-corrected chi connectivity index (χ2v) is 4.91. The van der Waals surface area contributed by atoms with Gasteiger partial charge in [-0.25, -0.2) is 9.18 Å². The molecule has 4 nitrogen and oxygen atoms in total. The highest BCUT2D eigenvalue weighted by Crippen LogP contribution is 2.33. The molecule has 0 bridgehead atoms. The Labute approximate surface area is 117 Å². The Balaban J connectivity index is 1.99. The molecule has 0 radical (unpaired) electrons. The highest BCUT2D eigenvalue weighted by atomic mass is 19.4. The van der Waals surface area contributed by atoms with Crippen molar-refractivity contribution in [3.8, 4) is 5.75 Å². The standard InChI is InChI=1S/C13H13F4NO3/c1-7(8-5-18(6-8)12(19)20)21-11-3-2-9(4-10(11)14)13(15,16)17/h2-4,7-8H,5-6H2,1H3,(H,19,20). The first-order valence-corrected chi connectivity index (χ1v) is 6.19. The van der Waals surface area contributed by atoms with Gasteiger partial charge in [-0.1, -0.05) is 0 Å². The van der Waals surface area contributed by atoms with E-state index in [-0.39, 0.29) is 24.8 Å². The molecule has 0 aromatic heterocycles. The minimum absolute atomic E-state index is 0.109. The van der Waals surface area contributed by atoms with Crippen molar-refractivity contribution in [1.82, 2.24) is 4.90 Å². The second-order valence-electron chi connectivity index (χ2n) is 4.91. The number of nitrogens with zero attached hydrogens (tertiary/aromatic N) is 1. The molecule has 1 aromatic rings. The van der Waals surface area contributed by atoms with E-state index in [4.69, 9.17) is 9.84 Å². The lowest BCUT2D eigenvalue weighted by Gasteiger charge is -2.40. The van der Waals surface area contributed by atoms with Crippen molar-refractivity contribution in [2.45, 2.75) is 19.2 Å². The Bertz CT molecular complexity index is 541. The van der Waals surface area contributed by atoms with Crippen molar-refractivity contribution < 1.29 is 32.2 Å². The second kappa shape index (κ2) is 5.42. The summed E-state index contributed by atoms with van der Waals surface area (Å²) in [4.78, 5) is 11.8. The molecule has 1 unspecified atom stereocenters. The van der Waals surface area contributed by atoms with Gasteiger partial charge >= 0.3 is 12.3 Å². The van der Waals surface area contributed by atoms with Crippen LogP contribution in [0.15, 0.2) is 18.2 Å². The van der Waals surface area contributed by atoms with E-state index in [2.05, 4.69) is 0 Å². The molecule has 1 aliphatic rings. The fourth-order valence-corrected chi connectivity index (χ4v) is 2.03. The van der Waals surface area contributed by atoms with E-state index >= 15 is 0 Å². The summed E-state index contributed by atoms with van der Waals surface area (Å²) in [6, 6.07) is 2.06. The number of benzene rings is 1. The van der Waals surface area contributed by atoms with Gasteiger partial charge in [0.05, 0.1) is 5.56 Å². The third kappa shape index (κ3) is 3.37. The van der Waals surface area contributed by atoms with Gasteiger partial charge in [-0.05, 0) is 25.1 Å². The van der Waals surface area contributed by atoms with Gasteiger partial charge in [0.15, 0.2) is 11.6 Å². The van der Waals surface area contributed by atoms with E-state index in [1.165, 1.54) is 4.90 Å². The number of hydrogen-bond acceptors (Lipinski definition) is 2. The molecule has 116 valence electrons. The fourth-order valence-electron chi connectivity index (χ4n) is 2.03. The average Bonchev–Trinajstić information content (AvgIpc) is 2.27. The van der Waals surface area contributed by atoms with Gasteiger partial charge in [0.25, 0.3) is 0 Å². The lowest BCUT2D eigenvalue weighted by Crippen LogP contribution is -2.54. The molecule has 1 N–H and O–H groups in total. The van der Waals surface area contributed by atoms with E-state index in [1.807, 2.05) is 0 Å². The molecule has 1 fully saturated rings. The smallest absolute Gasteiger partial charge is 0.416 e. The summed E-state index contributed by atoms with van der Waals surface area (Å²) < 4.78 is 56.1. The molecule has 1 atom stereocenters. The van der Waals surface area contributed by atoms with E-state index in [0.717, 1.165) is 12.1 Å². The van der Waals surface area contributed by atoms with E-state index in [1.54, 1.807) is 6.92 Å². The van der Waals surface area contributed by atoms with Crippen molar-refractivity contribution in [1.29, 1.82) is 0 Å². The molecule has 1 heterocycles. The van der Waals surface area contributed by atoms with Gasteiger partial charge in [0, 0.05) is 19.0 Å². The van der Waals surface area contributed by atoms with Crippen LogP contribution in [0.2, 0.25) is 0 Å². The van der Waals surface area contributed by atoms with Gasteiger partial charge in [-0.2, -0.15) is 13.2 Å². The van der Waals surface area contributed by atoms with Crippen LogP contribution in [-0.4, -0.2) is 35.3 Å². The summed E-state index contributed by atoms with van der Waals surface area (Å²) in [6.07, 6.45) is -6.15. The number of amides is 1. The summed E-state index contributed by atoms with van der Waals surface area (Å²) >= 11 is 0. The predicted octanol–water partition coefficient (Wildman–Crippen LogP) is 3.22. The summed E-state index contributed by atoms with van der Waals surface area (Å²) in [5, 5.41) is 8.69. The Morgan fingerprint density at radius 3 is 2.52 bits per heavy atom. The van der Waals surface area contributed by atoms with Gasteiger partial charge < -0.3 is 14.7 Å². The largest absolute Gasteiger partial charge is 0.487 e. The SMILES string of the molecule is CC(Oc1ccc(C(F)(F)F)cc1F)C1CN(C(=O)O)C1. The van der Waals surface area contributed by atoms with Gasteiger partial charge in [0.2, 0.25) is 0 Å². The number of carboxylic acid groups (broad SMARTS) is 1. The zero-order valence-corrected chi connectivity index (χ0v) is 11.0. The summed E-state index contributed by atoms with van der Waals surface area (Å²) in [5.74, 6) is -1.47. The van der Waals surface area contributed by atoms with Gasteiger partial charge in [-0.15, -0.1) is 0 Å². The molecule has 1 aromatic carbocycles.